The third-order valence-corrected chi connectivity index (χ3v) is 6.95. The summed E-state index contributed by atoms with van der Waals surface area (Å²) in [5, 5.41) is 4.07. The number of benzene rings is 1. The van der Waals surface area contributed by atoms with Crippen LogP contribution < -0.4 is 5.32 Å². The topological polar surface area (TPSA) is 78.1 Å². The Bertz CT molecular complexity index is 1130. The summed E-state index contributed by atoms with van der Waals surface area (Å²) >= 11 is 3.34. The SMILES string of the molecule is O=C(Nc1ccc(Br)cn1)C1CCN(C(=O)c2ccc3[nH]c4c(c3c2)CCCC4)CC1. The molecule has 3 heterocycles. The number of fused-ring (bicyclic) bond motifs is 3. The summed E-state index contributed by atoms with van der Waals surface area (Å²) in [4.78, 5) is 35.3. The van der Waals surface area contributed by atoms with Gasteiger partial charge in [-0.15, -0.1) is 0 Å². The first-order valence-corrected chi connectivity index (χ1v) is 11.7. The number of hydrogen-bond acceptors (Lipinski definition) is 3. The Balaban J connectivity index is 1.23. The first-order valence-electron chi connectivity index (χ1n) is 10.9. The second-order valence-corrected chi connectivity index (χ2v) is 9.38. The molecule has 0 saturated carbocycles. The van der Waals surface area contributed by atoms with Gasteiger partial charge in [-0.1, -0.05) is 0 Å². The van der Waals surface area contributed by atoms with Gasteiger partial charge in [-0.05, 0) is 90.4 Å². The minimum absolute atomic E-state index is 0.0257. The van der Waals surface area contributed by atoms with Gasteiger partial charge in [-0.3, -0.25) is 9.59 Å². The average Bonchev–Trinajstić information content (AvgIpc) is 3.18. The molecule has 1 fully saturated rings. The van der Waals surface area contributed by atoms with Crippen LogP contribution in [0.25, 0.3) is 10.9 Å². The lowest BCUT2D eigenvalue weighted by Gasteiger charge is -2.31. The van der Waals surface area contributed by atoms with Crippen molar-refractivity contribution < 1.29 is 9.59 Å². The summed E-state index contributed by atoms with van der Waals surface area (Å²) in [5.74, 6) is 0.479. The first kappa shape index (κ1) is 20.2. The molecule has 5 rings (SSSR count). The van der Waals surface area contributed by atoms with Crippen molar-refractivity contribution in [2.75, 3.05) is 18.4 Å². The van der Waals surface area contributed by atoms with E-state index in [1.54, 1.807) is 12.3 Å². The molecule has 31 heavy (non-hydrogen) atoms. The fraction of sp³-hybridized carbons (Fsp3) is 0.375. The number of likely N-dealkylation sites (tertiary alicyclic amines) is 1. The van der Waals surface area contributed by atoms with Crippen molar-refractivity contribution in [1.29, 1.82) is 0 Å². The minimum Gasteiger partial charge on any atom is -0.358 e. The Hall–Kier alpha value is -2.67. The van der Waals surface area contributed by atoms with Crippen LogP contribution in [0, 0.1) is 5.92 Å². The molecule has 0 unspecified atom stereocenters. The summed E-state index contributed by atoms with van der Waals surface area (Å²) in [6, 6.07) is 9.63. The number of aromatic nitrogens is 2. The number of nitrogens with zero attached hydrogens (tertiary/aromatic N) is 2. The quantitative estimate of drug-likeness (QED) is 0.570. The number of amides is 2. The Morgan fingerprint density at radius 2 is 1.90 bits per heavy atom. The summed E-state index contributed by atoms with van der Waals surface area (Å²) in [6.45, 7) is 1.18. The van der Waals surface area contributed by atoms with Crippen LogP contribution in [0.4, 0.5) is 5.82 Å². The number of halogens is 1. The van der Waals surface area contributed by atoms with Crippen LogP contribution in [0.5, 0.6) is 0 Å². The highest BCUT2D eigenvalue weighted by atomic mass is 79.9. The van der Waals surface area contributed by atoms with Gasteiger partial charge in [0.25, 0.3) is 5.91 Å². The third-order valence-electron chi connectivity index (χ3n) is 6.48. The monoisotopic (exact) mass is 480 g/mol. The van der Waals surface area contributed by atoms with Gasteiger partial charge in [0.2, 0.25) is 5.91 Å². The van der Waals surface area contributed by atoms with Crippen LogP contribution in [0.15, 0.2) is 41.0 Å². The van der Waals surface area contributed by atoms with Gasteiger partial charge in [0, 0.05) is 51.8 Å². The van der Waals surface area contributed by atoms with Gasteiger partial charge < -0.3 is 15.2 Å². The zero-order valence-electron chi connectivity index (χ0n) is 17.3. The fourth-order valence-electron chi connectivity index (χ4n) is 4.74. The molecule has 2 N–H and O–H groups in total. The lowest BCUT2D eigenvalue weighted by atomic mass is 9.94. The van der Waals surface area contributed by atoms with Crippen molar-refractivity contribution in [2.45, 2.75) is 38.5 Å². The first-order chi connectivity index (χ1) is 15.1. The van der Waals surface area contributed by atoms with E-state index in [2.05, 4.69) is 37.3 Å². The molecule has 160 valence electrons. The van der Waals surface area contributed by atoms with E-state index in [9.17, 15) is 9.59 Å². The highest BCUT2D eigenvalue weighted by Crippen LogP contribution is 2.30. The number of piperidine rings is 1. The molecule has 0 radical (unpaired) electrons. The maximum Gasteiger partial charge on any atom is 0.253 e. The molecular weight excluding hydrogens is 456 g/mol. The van der Waals surface area contributed by atoms with Gasteiger partial charge in [-0.2, -0.15) is 0 Å². The maximum absolute atomic E-state index is 13.1. The number of carbonyl (C=O) groups is 2. The smallest absolute Gasteiger partial charge is 0.253 e. The summed E-state index contributed by atoms with van der Waals surface area (Å²) < 4.78 is 0.871. The molecule has 7 heteroatoms. The zero-order chi connectivity index (χ0) is 21.4. The molecular formula is C24H25BrN4O2. The third kappa shape index (κ3) is 4.11. The lowest BCUT2D eigenvalue weighted by molar-refractivity contribution is -0.121. The van der Waals surface area contributed by atoms with Crippen LogP contribution in [0.2, 0.25) is 0 Å². The number of carbonyl (C=O) groups excluding carboxylic acids is 2. The van der Waals surface area contributed by atoms with E-state index in [0.717, 1.165) is 28.4 Å². The molecule has 0 spiro atoms. The van der Waals surface area contributed by atoms with Gasteiger partial charge in [-0.25, -0.2) is 4.98 Å². The van der Waals surface area contributed by atoms with E-state index in [1.165, 1.54) is 29.5 Å². The van der Waals surface area contributed by atoms with E-state index in [-0.39, 0.29) is 17.7 Å². The summed E-state index contributed by atoms with van der Waals surface area (Å²) in [6.07, 6.45) is 7.61. The minimum atomic E-state index is -0.103. The molecule has 2 aromatic heterocycles. The molecule has 6 nitrogen and oxygen atoms in total. The zero-order valence-corrected chi connectivity index (χ0v) is 18.9. The molecule has 1 saturated heterocycles. The molecule has 1 aliphatic heterocycles. The Kier molecular flexibility index (Phi) is 5.52. The number of aromatic amines is 1. The van der Waals surface area contributed by atoms with Crippen molar-refractivity contribution in [2.24, 2.45) is 5.92 Å². The van der Waals surface area contributed by atoms with Gasteiger partial charge in [0.1, 0.15) is 5.82 Å². The van der Waals surface area contributed by atoms with Gasteiger partial charge >= 0.3 is 0 Å². The van der Waals surface area contributed by atoms with Crippen molar-refractivity contribution in [3.63, 3.8) is 0 Å². The molecule has 2 aliphatic rings. The summed E-state index contributed by atoms with van der Waals surface area (Å²) in [7, 11) is 0. The van der Waals surface area contributed by atoms with E-state index >= 15 is 0 Å². The van der Waals surface area contributed by atoms with Crippen molar-refractivity contribution >= 4 is 44.5 Å². The van der Waals surface area contributed by atoms with Crippen LogP contribution >= 0.6 is 15.9 Å². The maximum atomic E-state index is 13.1. The average molecular weight is 481 g/mol. The number of H-pyrrole nitrogens is 1. The number of pyridine rings is 1. The van der Waals surface area contributed by atoms with Crippen LogP contribution in [-0.4, -0.2) is 39.8 Å². The van der Waals surface area contributed by atoms with E-state index in [1.807, 2.05) is 23.1 Å². The number of aryl methyl sites for hydroxylation is 2. The Labute approximate surface area is 189 Å². The lowest BCUT2D eigenvalue weighted by Crippen LogP contribution is -2.41. The normalized spacial score (nSPS) is 16.9. The summed E-state index contributed by atoms with van der Waals surface area (Å²) in [5.41, 5.74) is 4.58. The number of anilines is 1. The highest BCUT2D eigenvalue weighted by Gasteiger charge is 2.28. The molecule has 1 aromatic carbocycles. The highest BCUT2D eigenvalue weighted by molar-refractivity contribution is 9.10. The second-order valence-electron chi connectivity index (χ2n) is 8.47. The Morgan fingerprint density at radius 3 is 2.68 bits per heavy atom. The number of nitrogens with one attached hydrogen (secondary N) is 2. The Morgan fingerprint density at radius 1 is 1.10 bits per heavy atom. The van der Waals surface area contributed by atoms with E-state index < -0.39 is 0 Å². The second kappa shape index (κ2) is 8.46. The predicted octanol–water partition coefficient (Wildman–Crippen LogP) is 4.70. The largest absolute Gasteiger partial charge is 0.358 e. The van der Waals surface area contributed by atoms with Gasteiger partial charge in [0.05, 0.1) is 0 Å². The predicted molar refractivity (Wildman–Crippen MR) is 124 cm³/mol. The molecule has 0 atom stereocenters. The number of hydrogen-bond donors (Lipinski definition) is 2. The molecule has 3 aromatic rings. The molecule has 1 aliphatic carbocycles. The van der Waals surface area contributed by atoms with Gasteiger partial charge in [0.15, 0.2) is 0 Å². The van der Waals surface area contributed by atoms with Crippen LogP contribution in [0.1, 0.15) is 47.3 Å². The molecule has 0 bridgehead atoms. The van der Waals surface area contributed by atoms with Crippen molar-refractivity contribution in [1.82, 2.24) is 14.9 Å². The molecule has 2 amide bonds. The van der Waals surface area contributed by atoms with Crippen LogP contribution in [0.3, 0.4) is 0 Å². The van der Waals surface area contributed by atoms with Crippen LogP contribution in [-0.2, 0) is 17.6 Å². The van der Waals surface area contributed by atoms with Crippen molar-refractivity contribution in [3.05, 3.63) is 57.8 Å². The number of rotatable bonds is 3. The van der Waals surface area contributed by atoms with Crippen molar-refractivity contribution in [3.8, 4) is 0 Å². The van der Waals surface area contributed by atoms with E-state index in [4.69, 9.17) is 0 Å². The fourth-order valence-corrected chi connectivity index (χ4v) is 4.98. The van der Waals surface area contributed by atoms with E-state index in [0.29, 0.717) is 31.7 Å². The standard InChI is InChI=1S/C24H25BrN4O2/c25-17-6-8-22(26-14-17)28-23(30)15-9-11-29(12-10-15)24(31)16-5-7-21-19(13-16)18-3-1-2-4-20(18)27-21/h5-8,13-15,27H,1-4,9-12H2,(H,26,28,30).